The maximum absolute atomic E-state index is 13.7. The van der Waals surface area contributed by atoms with E-state index in [1.807, 2.05) is 55.5 Å². The Bertz CT molecular complexity index is 1700. The summed E-state index contributed by atoms with van der Waals surface area (Å²) >= 11 is 0. The van der Waals surface area contributed by atoms with Crippen molar-refractivity contribution in [2.75, 3.05) is 4.90 Å². The van der Waals surface area contributed by atoms with Crippen molar-refractivity contribution in [2.24, 2.45) is 0 Å². The molecule has 0 aliphatic carbocycles. The van der Waals surface area contributed by atoms with Gasteiger partial charge in [0.15, 0.2) is 0 Å². The third-order valence-electron chi connectivity index (χ3n) is 6.20. The van der Waals surface area contributed by atoms with Crippen molar-refractivity contribution in [3.8, 4) is 6.07 Å². The maximum Gasteiger partial charge on any atom is 0.277 e. The van der Waals surface area contributed by atoms with Crippen LogP contribution in [-0.4, -0.2) is 25.5 Å². The number of carbonyl (C=O) groups excluding carboxylic acids is 1. The summed E-state index contributed by atoms with van der Waals surface area (Å²) in [6, 6.07) is 26.1. The smallest absolute Gasteiger partial charge is 0.272 e. The molecule has 0 fully saturated rings. The SMILES string of the molecule is Cc1cccc(C(=O)N(Cc2ccc(C#N)cc2)c2nc3nc(C)c(Cc4ccccc4)c(=O)n3[nH]2)c1. The lowest BCUT2D eigenvalue weighted by molar-refractivity contribution is 0.0983. The topological polar surface area (TPSA) is 107 Å². The Balaban J connectivity index is 1.58. The molecule has 37 heavy (non-hydrogen) atoms. The summed E-state index contributed by atoms with van der Waals surface area (Å²) in [5.41, 5.74) is 4.68. The van der Waals surface area contributed by atoms with Crippen LogP contribution in [0.1, 0.15) is 43.9 Å². The second kappa shape index (κ2) is 9.91. The predicted molar refractivity (Wildman–Crippen MR) is 140 cm³/mol. The number of aryl methyl sites for hydroxylation is 2. The summed E-state index contributed by atoms with van der Waals surface area (Å²) in [6.45, 7) is 3.90. The highest BCUT2D eigenvalue weighted by Gasteiger charge is 2.23. The van der Waals surface area contributed by atoms with Crippen LogP contribution in [0.3, 0.4) is 0 Å². The van der Waals surface area contributed by atoms with E-state index in [1.54, 1.807) is 37.3 Å². The highest BCUT2D eigenvalue weighted by Crippen LogP contribution is 2.19. The van der Waals surface area contributed by atoms with Gasteiger partial charge in [-0.05, 0) is 49.2 Å². The second-order valence-electron chi connectivity index (χ2n) is 8.90. The quantitative estimate of drug-likeness (QED) is 0.383. The molecular formula is C29H24N6O2. The van der Waals surface area contributed by atoms with Crippen LogP contribution in [0.25, 0.3) is 5.78 Å². The molecule has 0 aliphatic rings. The first-order valence-electron chi connectivity index (χ1n) is 11.8. The highest BCUT2D eigenvalue weighted by molar-refractivity contribution is 6.05. The average Bonchev–Trinajstić information content (AvgIpc) is 3.34. The fraction of sp³-hybridized carbons (Fsp3) is 0.138. The monoisotopic (exact) mass is 488 g/mol. The standard InChI is InChI=1S/C29H24N6O2/c1-19-7-6-10-24(15-19)26(36)34(18-23-13-11-22(17-30)12-14-23)29-32-28-31-20(2)25(27(37)35(28)33-29)16-21-8-4-3-5-9-21/h3-15H,16,18H2,1-2H3,(H,31,32,33). The summed E-state index contributed by atoms with van der Waals surface area (Å²) in [7, 11) is 0. The predicted octanol–water partition coefficient (Wildman–Crippen LogP) is 4.34. The normalized spacial score (nSPS) is 10.8. The van der Waals surface area contributed by atoms with E-state index in [1.165, 1.54) is 9.42 Å². The van der Waals surface area contributed by atoms with Crippen molar-refractivity contribution < 1.29 is 4.79 Å². The van der Waals surface area contributed by atoms with Crippen LogP contribution in [0.15, 0.2) is 83.7 Å². The molecule has 0 atom stereocenters. The minimum absolute atomic E-state index is 0.183. The minimum atomic E-state index is -0.276. The Morgan fingerprint density at radius 2 is 1.73 bits per heavy atom. The number of H-pyrrole nitrogens is 1. The first kappa shape index (κ1) is 23.7. The summed E-state index contributed by atoms with van der Waals surface area (Å²) in [5, 5.41) is 12.1. The number of nitriles is 1. The Labute approximate surface area is 213 Å². The van der Waals surface area contributed by atoms with Crippen LogP contribution < -0.4 is 10.5 Å². The number of hydrogen-bond acceptors (Lipinski definition) is 5. The van der Waals surface area contributed by atoms with Gasteiger partial charge in [-0.2, -0.15) is 14.8 Å². The molecule has 0 saturated carbocycles. The third-order valence-corrected chi connectivity index (χ3v) is 6.20. The van der Waals surface area contributed by atoms with Crippen LogP contribution in [0.5, 0.6) is 0 Å². The van der Waals surface area contributed by atoms with Crippen LogP contribution in [-0.2, 0) is 13.0 Å². The number of fused-ring (bicyclic) bond motifs is 1. The van der Waals surface area contributed by atoms with Crippen LogP contribution in [0.2, 0.25) is 0 Å². The van der Waals surface area contributed by atoms with E-state index in [0.717, 1.165) is 16.7 Å². The average molecular weight is 489 g/mol. The lowest BCUT2D eigenvalue weighted by atomic mass is 10.1. The maximum atomic E-state index is 13.7. The molecule has 8 heteroatoms. The van der Waals surface area contributed by atoms with Crippen molar-refractivity contribution in [3.63, 3.8) is 0 Å². The van der Waals surface area contributed by atoms with Crippen molar-refractivity contribution >= 4 is 17.6 Å². The zero-order chi connectivity index (χ0) is 25.9. The molecule has 0 saturated heterocycles. The molecule has 8 nitrogen and oxygen atoms in total. The number of amides is 1. The van der Waals surface area contributed by atoms with Crippen molar-refractivity contribution in [2.45, 2.75) is 26.8 Å². The number of hydrogen-bond donors (Lipinski definition) is 1. The third kappa shape index (κ3) is 4.88. The molecule has 0 aliphatic heterocycles. The number of carbonyl (C=O) groups is 1. The van der Waals surface area contributed by atoms with Crippen molar-refractivity contribution in [1.82, 2.24) is 19.6 Å². The Kier molecular flexibility index (Phi) is 6.35. The minimum Gasteiger partial charge on any atom is -0.272 e. The Morgan fingerprint density at radius 1 is 0.973 bits per heavy atom. The number of anilines is 1. The molecule has 182 valence electrons. The van der Waals surface area contributed by atoms with Gasteiger partial charge in [-0.3, -0.25) is 19.6 Å². The van der Waals surface area contributed by atoms with E-state index < -0.39 is 0 Å². The zero-order valence-electron chi connectivity index (χ0n) is 20.5. The number of nitrogens with zero attached hydrogens (tertiary/aromatic N) is 5. The molecule has 0 spiro atoms. The fourth-order valence-electron chi connectivity index (χ4n) is 4.21. The van der Waals surface area contributed by atoms with Gasteiger partial charge in [-0.25, -0.2) is 4.98 Å². The van der Waals surface area contributed by atoms with E-state index in [0.29, 0.717) is 28.8 Å². The zero-order valence-corrected chi connectivity index (χ0v) is 20.5. The van der Waals surface area contributed by atoms with Gasteiger partial charge in [0.05, 0.1) is 23.9 Å². The molecule has 2 aromatic heterocycles. The summed E-state index contributed by atoms with van der Waals surface area (Å²) in [6.07, 6.45) is 0.437. The first-order valence-corrected chi connectivity index (χ1v) is 11.8. The van der Waals surface area contributed by atoms with Gasteiger partial charge in [-0.15, -0.1) is 0 Å². The number of aromatic amines is 1. The summed E-state index contributed by atoms with van der Waals surface area (Å²) in [4.78, 5) is 37.7. The van der Waals surface area contributed by atoms with E-state index >= 15 is 0 Å². The van der Waals surface area contributed by atoms with Crippen molar-refractivity contribution in [1.29, 1.82) is 5.26 Å². The molecule has 1 N–H and O–H groups in total. The highest BCUT2D eigenvalue weighted by atomic mass is 16.2. The number of aromatic nitrogens is 4. The van der Waals surface area contributed by atoms with Crippen LogP contribution >= 0.6 is 0 Å². The number of benzene rings is 3. The van der Waals surface area contributed by atoms with E-state index in [4.69, 9.17) is 5.26 Å². The summed E-state index contributed by atoms with van der Waals surface area (Å²) < 4.78 is 1.29. The van der Waals surface area contributed by atoms with Gasteiger partial charge in [0.1, 0.15) is 0 Å². The second-order valence-corrected chi connectivity index (χ2v) is 8.90. The molecule has 2 heterocycles. The first-order chi connectivity index (χ1) is 17.9. The number of nitrogens with one attached hydrogen (secondary N) is 1. The Hall–Kier alpha value is -5.03. The lowest BCUT2D eigenvalue weighted by Crippen LogP contribution is -2.31. The molecule has 3 aromatic carbocycles. The largest absolute Gasteiger partial charge is 0.277 e. The van der Waals surface area contributed by atoms with Crippen LogP contribution in [0.4, 0.5) is 5.95 Å². The van der Waals surface area contributed by atoms with E-state index in [-0.39, 0.29) is 29.7 Å². The number of rotatable bonds is 6. The van der Waals surface area contributed by atoms with Gasteiger partial charge in [0.2, 0.25) is 5.95 Å². The molecular weight excluding hydrogens is 464 g/mol. The van der Waals surface area contributed by atoms with Gasteiger partial charge < -0.3 is 0 Å². The van der Waals surface area contributed by atoms with Gasteiger partial charge >= 0.3 is 0 Å². The molecule has 0 bridgehead atoms. The van der Waals surface area contributed by atoms with Gasteiger partial charge in [0, 0.05) is 17.5 Å². The van der Waals surface area contributed by atoms with Crippen LogP contribution in [0, 0.1) is 25.2 Å². The lowest BCUT2D eigenvalue weighted by Gasteiger charge is -2.20. The van der Waals surface area contributed by atoms with Gasteiger partial charge in [-0.1, -0.05) is 60.2 Å². The molecule has 5 aromatic rings. The van der Waals surface area contributed by atoms with Gasteiger partial charge in [0.25, 0.3) is 17.2 Å². The van der Waals surface area contributed by atoms with Crippen molar-refractivity contribution in [3.05, 3.63) is 128 Å². The Morgan fingerprint density at radius 3 is 2.43 bits per heavy atom. The summed E-state index contributed by atoms with van der Waals surface area (Å²) in [5.74, 6) is 0.120. The van der Waals surface area contributed by atoms with E-state index in [9.17, 15) is 9.59 Å². The molecule has 0 unspecified atom stereocenters. The molecule has 5 rings (SSSR count). The fourth-order valence-corrected chi connectivity index (χ4v) is 4.21. The molecule has 0 radical (unpaired) electrons. The van der Waals surface area contributed by atoms with E-state index in [2.05, 4.69) is 21.1 Å². The molecule has 1 amide bonds.